The predicted molar refractivity (Wildman–Crippen MR) is 137 cm³/mol. The van der Waals surface area contributed by atoms with Crippen LogP contribution in [-0.2, 0) is 4.79 Å². The number of fused-ring (bicyclic) bond motifs is 1. The quantitative estimate of drug-likeness (QED) is 0.343. The minimum absolute atomic E-state index is 0.00697. The number of nitrogens with zero attached hydrogens (tertiary/aromatic N) is 4. The molecule has 2 aliphatic rings. The molecule has 1 aliphatic heterocycles. The van der Waals surface area contributed by atoms with E-state index in [2.05, 4.69) is 46.4 Å². The number of hydrogen-bond acceptors (Lipinski definition) is 6. The van der Waals surface area contributed by atoms with Crippen LogP contribution in [0.2, 0.25) is 19.6 Å². The van der Waals surface area contributed by atoms with E-state index in [-0.39, 0.29) is 35.7 Å². The van der Waals surface area contributed by atoms with Gasteiger partial charge in [0, 0.05) is 18.1 Å². The molecule has 206 valence electrons. The number of alkyl halides is 4. The molecule has 2 fully saturated rings. The number of aliphatic hydroxyl groups is 1. The summed E-state index contributed by atoms with van der Waals surface area (Å²) in [7, 11) is -1.79. The number of carbonyl (C=O) groups is 1. The van der Waals surface area contributed by atoms with Crippen molar-refractivity contribution in [2.45, 2.75) is 82.3 Å². The third-order valence-electron chi connectivity index (χ3n) is 6.92. The van der Waals surface area contributed by atoms with Gasteiger partial charge in [0.15, 0.2) is 0 Å². The summed E-state index contributed by atoms with van der Waals surface area (Å²) in [5.41, 5.74) is 2.18. The number of aromatic nitrogens is 3. The predicted octanol–water partition coefficient (Wildman–Crippen LogP) is 3.41. The zero-order valence-corrected chi connectivity index (χ0v) is 22.7. The molecule has 4 rings (SSSR count). The number of carbonyl (C=O) groups excluding carboxylic acids is 1. The van der Waals surface area contributed by atoms with E-state index >= 15 is 0 Å². The fraction of sp³-hybridized carbons (Fsp3) is 0.600. The van der Waals surface area contributed by atoms with Crippen LogP contribution in [0.1, 0.15) is 44.2 Å². The van der Waals surface area contributed by atoms with Crippen LogP contribution < -0.4 is 10.9 Å². The van der Waals surface area contributed by atoms with E-state index in [0.717, 1.165) is 0 Å². The van der Waals surface area contributed by atoms with Crippen molar-refractivity contribution in [2.75, 3.05) is 18.4 Å². The molecule has 0 bridgehead atoms. The highest BCUT2D eigenvalue weighted by Crippen LogP contribution is 2.39. The zero-order chi connectivity index (χ0) is 28.0. The first-order chi connectivity index (χ1) is 17.6. The molecular weight excluding hydrogens is 522 g/mol. The third kappa shape index (κ3) is 5.86. The summed E-state index contributed by atoms with van der Waals surface area (Å²) in [6.45, 7) is 6.86. The topological polar surface area (TPSA) is 100 Å². The van der Waals surface area contributed by atoms with Crippen molar-refractivity contribution in [2.24, 2.45) is 0 Å². The Kier molecular flexibility index (Phi) is 7.35. The maximum atomic E-state index is 14.8. The van der Waals surface area contributed by atoms with Crippen LogP contribution in [-0.4, -0.2) is 75.6 Å². The maximum absolute atomic E-state index is 14.8. The molecule has 38 heavy (non-hydrogen) atoms. The molecule has 4 atom stereocenters. The minimum Gasteiger partial charge on any atom is -0.388 e. The van der Waals surface area contributed by atoms with Crippen LogP contribution in [0.3, 0.4) is 0 Å². The van der Waals surface area contributed by atoms with Gasteiger partial charge in [-0.25, -0.2) is 9.37 Å². The Hall–Kier alpha value is -2.98. The van der Waals surface area contributed by atoms with Crippen molar-refractivity contribution in [3.05, 3.63) is 28.2 Å². The molecule has 0 unspecified atom stereocenters. The van der Waals surface area contributed by atoms with Gasteiger partial charge >= 0.3 is 12.1 Å². The maximum Gasteiger partial charge on any atom is 0.471 e. The molecule has 0 radical (unpaired) electrons. The Morgan fingerprint density at radius 2 is 2.00 bits per heavy atom. The number of pyridine rings is 1. The van der Waals surface area contributed by atoms with E-state index < -0.39 is 50.6 Å². The Morgan fingerprint density at radius 3 is 2.58 bits per heavy atom. The van der Waals surface area contributed by atoms with Gasteiger partial charge in [0.25, 0.3) is 5.56 Å². The molecule has 3 heterocycles. The highest BCUT2D eigenvalue weighted by Gasteiger charge is 2.45. The Balaban J connectivity index is 1.70. The average Bonchev–Trinajstić information content (AvgIpc) is 3.16. The molecular formula is C25H31F4N5O3Si. The molecule has 1 amide bonds. The lowest BCUT2D eigenvalue weighted by molar-refractivity contribution is -0.187. The Morgan fingerprint density at radius 1 is 1.29 bits per heavy atom. The van der Waals surface area contributed by atoms with E-state index in [1.165, 1.54) is 10.8 Å². The fourth-order valence-corrected chi connectivity index (χ4v) is 5.47. The molecule has 13 heteroatoms. The summed E-state index contributed by atoms with van der Waals surface area (Å²) in [4.78, 5) is 34.3. The molecule has 0 aromatic carbocycles. The standard InChI is InChI=1S/C25H31F4N5O3Si/c1-24(37)9-5-6-19(24)34-20-16(12-15(21(34)35)8-11-38(2,3)4)13-30-23(32-20)31-18-7-10-33(14-17(18)26)22(36)25(27,28)29/h12-13,17-19,37H,5-7,9-10,14H2,1-4H3,(H,30,31,32)/t17-,18-,19-,24-/m1/s1. The van der Waals surface area contributed by atoms with Gasteiger partial charge in [0.05, 0.1) is 29.8 Å². The first kappa shape index (κ1) is 28.0. The van der Waals surface area contributed by atoms with Crippen LogP contribution in [0.25, 0.3) is 11.0 Å². The molecule has 0 spiro atoms. The number of hydrogen-bond donors (Lipinski definition) is 2. The van der Waals surface area contributed by atoms with Gasteiger partial charge in [-0.05, 0) is 38.7 Å². The number of amides is 1. The van der Waals surface area contributed by atoms with Gasteiger partial charge < -0.3 is 15.3 Å². The first-order valence-corrected chi connectivity index (χ1v) is 16.0. The number of rotatable bonds is 3. The van der Waals surface area contributed by atoms with E-state index in [1.54, 1.807) is 13.0 Å². The molecule has 2 aromatic heterocycles. The van der Waals surface area contributed by atoms with E-state index in [9.17, 15) is 32.3 Å². The summed E-state index contributed by atoms with van der Waals surface area (Å²) in [6, 6.07) is 0.120. The summed E-state index contributed by atoms with van der Waals surface area (Å²) in [5, 5.41) is 14.4. The van der Waals surface area contributed by atoms with Gasteiger partial charge in [-0.3, -0.25) is 14.2 Å². The SMILES string of the molecule is C[C@@]1(O)CCC[C@H]1n1c(=O)c(C#C[Si](C)(C)C)cc2cnc(N[C@@H]3CCN(C(=O)C(F)(F)F)C[C@H]3F)nc21. The summed E-state index contributed by atoms with van der Waals surface area (Å²) in [5.74, 6) is 0.935. The van der Waals surface area contributed by atoms with Crippen molar-refractivity contribution in [3.8, 4) is 11.5 Å². The first-order valence-electron chi connectivity index (χ1n) is 12.5. The van der Waals surface area contributed by atoms with Gasteiger partial charge in [0.2, 0.25) is 5.95 Å². The van der Waals surface area contributed by atoms with Crippen LogP contribution in [0.4, 0.5) is 23.5 Å². The van der Waals surface area contributed by atoms with E-state index in [0.29, 0.717) is 29.5 Å². The lowest BCUT2D eigenvalue weighted by atomic mass is 9.99. The normalized spacial score (nSPS) is 26.2. The summed E-state index contributed by atoms with van der Waals surface area (Å²) in [6.07, 6.45) is -3.69. The molecule has 2 aromatic rings. The number of nitrogens with one attached hydrogen (secondary N) is 1. The third-order valence-corrected chi connectivity index (χ3v) is 7.80. The van der Waals surface area contributed by atoms with Gasteiger partial charge in [-0.2, -0.15) is 18.2 Å². The van der Waals surface area contributed by atoms with Gasteiger partial charge in [0.1, 0.15) is 19.9 Å². The summed E-state index contributed by atoms with van der Waals surface area (Å²) >= 11 is 0. The smallest absolute Gasteiger partial charge is 0.388 e. The van der Waals surface area contributed by atoms with Crippen LogP contribution >= 0.6 is 0 Å². The number of anilines is 1. The van der Waals surface area contributed by atoms with Crippen molar-refractivity contribution in [1.29, 1.82) is 0 Å². The van der Waals surface area contributed by atoms with Crippen molar-refractivity contribution in [1.82, 2.24) is 19.4 Å². The molecule has 1 saturated heterocycles. The monoisotopic (exact) mass is 553 g/mol. The van der Waals surface area contributed by atoms with E-state index in [1.807, 2.05) is 0 Å². The number of likely N-dealkylation sites (tertiary alicyclic amines) is 1. The highest BCUT2D eigenvalue weighted by atomic mass is 28.3. The Bertz CT molecular complexity index is 1360. The van der Waals surface area contributed by atoms with Crippen LogP contribution in [0.15, 0.2) is 17.1 Å². The number of halogens is 4. The second-order valence-electron chi connectivity index (χ2n) is 11.3. The highest BCUT2D eigenvalue weighted by molar-refractivity contribution is 6.83. The molecule has 1 saturated carbocycles. The van der Waals surface area contributed by atoms with Crippen molar-refractivity contribution in [3.63, 3.8) is 0 Å². The second-order valence-corrected chi connectivity index (χ2v) is 16.0. The second kappa shape index (κ2) is 9.96. The lowest BCUT2D eigenvalue weighted by Crippen LogP contribution is -2.53. The fourth-order valence-electron chi connectivity index (χ4n) is 4.96. The van der Waals surface area contributed by atoms with Gasteiger partial charge in [-0.15, -0.1) is 5.54 Å². The van der Waals surface area contributed by atoms with Crippen LogP contribution in [0, 0.1) is 11.5 Å². The lowest BCUT2D eigenvalue weighted by Gasteiger charge is -2.35. The van der Waals surface area contributed by atoms with Crippen molar-refractivity contribution < 1.29 is 27.5 Å². The largest absolute Gasteiger partial charge is 0.471 e. The van der Waals surface area contributed by atoms with Crippen LogP contribution in [0.5, 0.6) is 0 Å². The number of piperidine rings is 1. The Labute approximate surface area is 218 Å². The molecule has 1 aliphatic carbocycles. The molecule has 8 nitrogen and oxygen atoms in total. The van der Waals surface area contributed by atoms with Crippen molar-refractivity contribution >= 4 is 31.0 Å². The van der Waals surface area contributed by atoms with Gasteiger partial charge in [-0.1, -0.05) is 25.6 Å². The zero-order valence-electron chi connectivity index (χ0n) is 21.7. The van der Waals surface area contributed by atoms with E-state index in [4.69, 9.17) is 0 Å². The average molecular weight is 554 g/mol. The molecule has 2 N–H and O–H groups in total. The summed E-state index contributed by atoms with van der Waals surface area (Å²) < 4.78 is 54.5. The minimum atomic E-state index is -5.06.